The first kappa shape index (κ1) is 13.2. The summed E-state index contributed by atoms with van der Waals surface area (Å²) in [5.74, 6) is -0.103. The molecule has 1 heterocycles. The molecule has 2 aromatic rings. The van der Waals surface area contributed by atoms with Gasteiger partial charge in [0.15, 0.2) is 0 Å². The van der Waals surface area contributed by atoms with Crippen LogP contribution < -0.4 is 5.32 Å². The second kappa shape index (κ2) is 6.66. The number of halogens is 1. The van der Waals surface area contributed by atoms with Gasteiger partial charge in [0, 0.05) is 10.9 Å². The van der Waals surface area contributed by atoms with Gasteiger partial charge in [-0.2, -0.15) is 0 Å². The molecule has 1 atom stereocenters. The Morgan fingerprint density at radius 3 is 2.72 bits per heavy atom. The number of thiophene rings is 1. The van der Waals surface area contributed by atoms with Gasteiger partial charge in [-0.15, -0.1) is 11.3 Å². The molecule has 0 spiro atoms. The van der Waals surface area contributed by atoms with Gasteiger partial charge in [-0.05, 0) is 49.4 Å². The molecule has 0 amide bonds. The summed E-state index contributed by atoms with van der Waals surface area (Å²) in [5, 5.41) is 5.38. The first-order valence-corrected chi connectivity index (χ1v) is 7.10. The van der Waals surface area contributed by atoms with Gasteiger partial charge in [0.25, 0.3) is 0 Å². The van der Waals surface area contributed by atoms with Gasteiger partial charge >= 0.3 is 0 Å². The fourth-order valence-electron chi connectivity index (χ4n) is 2.05. The van der Waals surface area contributed by atoms with Crippen LogP contribution in [0, 0.1) is 5.82 Å². The van der Waals surface area contributed by atoms with E-state index in [0.29, 0.717) is 6.04 Å². The van der Waals surface area contributed by atoms with Crippen molar-refractivity contribution in [3.63, 3.8) is 0 Å². The summed E-state index contributed by atoms with van der Waals surface area (Å²) in [4.78, 5) is 1.39. The van der Waals surface area contributed by atoms with Gasteiger partial charge in [-0.1, -0.05) is 24.3 Å². The van der Waals surface area contributed by atoms with Crippen molar-refractivity contribution < 1.29 is 4.39 Å². The van der Waals surface area contributed by atoms with E-state index in [-0.39, 0.29) is 5.82 Å². The first-order valence-electron chi connectivity index (χ1n) is 6.22. The van der Waals surface area contributed by atoms with Crippen molar-refractivity contribution >= 4 is 11.3 Å². The predicted molar refractivity (Wildman–Crippen MR) is 75.6 cm³/mol. The molecule has 0 aliphatic rings. The third-order valence-corrected chi connectivity index (χ3v) is 4.09. The van der Waals surface area contributed by atoms with Crippen molar-refractivity contribution in [2.24, 2.45) is 0 Å². The summed E-state index contributed by atoms with van der Waals surface area (Å²) >= 11 is 1.78. The lowest BCUT2D eigenvalue weighted by molar-refractivity contribution is 0.506. The number of rotatable bonds is 6. The van der Waals surface area contributed by atoms with E-state index in [2.05, 4.69) is 22.8 Å². The van der Waals surface area contributed by atoms with Crippen LogP contribution in [0.2, 0.25) is 0 Å². The average molecular weight is 263 g/mol. The Kier molecular flexibility index (Phi) is 4.90. The van der Waals surface area contributed by atoms with Crippen LogP contribution in [0.1, 0.15) is 16.9 Å². The topological polar surface area (TPSA) is 12.0 Å². The molecule has 96 valence electrons. The fraction of sp³-hybridized carbons (Fsp3) is 0.333. The minimum absolute atomic E-state index is 0.103. The molecule has 0 saturated heterocycles. The van der Waals surface area contributed by atoms with Crippen LogP contribution in [0.3, 0.4) is 0 Å². The summed E-state index contributed by atoms with van der Waals surface area (Å²) in [6.45, 7) is 0. The first-order chi connectivity index (χ1) is 8.79. The van der Waals surface area contributed by atoms with Gasteiger partial charge in [0.2, 0.25) is 0 Å². The second-order valence-corrected chi connectivity index (χ2v) is 5.43. The number of likely N-dealkylation sites (N-methyl/N-ethyl adjacent to an activating group) is 1. The normalized spacial score (nSPS) is 12.6. The Labute approximate surface area is 112 Å². The molecular formula is C15H18FNS. The van der Waals surface area contributed by atoms with E-state index in [0.717, 1.165) is 24.8 Å². The Morgan fingerprint density at radius 1 is 1.22 bits per heavy atom. The van der Waals surface area contributed by atoms with E-state index in [4.69, 9.17) is 0 Å². The molecule has 0 bridgehead atoms. The number of hydrogen-bond acceptors (Lipinski definition) is 2. The molecule has 18 heavy (non-hydrogen) atoms. The van der Waals surface area contributed by atoms with Crippen molar-refractivity contribution in [3.8, 4) is 0 Å². The monoisotopic (exact) mass is 263 g/mol. The summed E-state index contributed by atoms with van der Waals surface area (Å²) in [6.07, 6.45) is 2.83. The molecule has 1 aromatic carbocycles. The van der Waals surface area contributed by atoms with Crippen molar-refractivity contribution in [1.29, 1.82) is 0 Å². The standard InChI is InChI=1S/C15H18FNS/c1-17-13(8-9-14-6-4-10-18-14)11-12-5-2-3-7-15(12)16/h2-7,10,13,17H,8-9,11H2,1H3. The van der Waals surface area contributed by atoms with Crippen LogP contribution >= 0.6 is 11.3 Å². The summed E-state index contributed by atoms with van der Waals surface area (Å²) in [6, 6.07) is 11.6. The molecule has 3 heteroatoms. The third kappa shape index (κ3) is 3.65. The van der Waals surface area contributed by atoms with Gasteiger partial charge in [0.05, 0.1) is 0 Å². The summed E-state index contributed by atoms with van der Waals surface area (Å²) in [7, 11) is 1.94. The Morgan fingerprint density at radius 2 is 2.06 bits per heavy atom. The molecule has 1 N–H and O–H groups in total. The van der Waals surface area contributed by atoms with Crippen molar-refractivity contribution in [2.45, 2.75) is 25.3 Å². The van der Waals surface area contributed by atoms with E-state index in [1.165, 1.54) is 10.9 Å². The van der Waals surface area contributed by atoms with E-state index in [1.807, 2.05) is 19.2 Å². The van der Waals surface area contributed by atoms with E-state index >= 15 is 0 Å². The maximum atomic E-state index is 13.6. The van der Waals surface area contributed by atoms with Crippen LogP contribution in [0.4, 0.5) is 4.39 Å². The lowest BCUT2D eigenvalue weighted by Crippen LogP contribution is -2.28. The van der Waals surface area contributed by atoms with Crippen LogP contribution in [0.25, 0.3) is 0 Å². The van der Waals surface area contributed by atoms with E-state index in [9.17, 15) is 4.39 Å². The van der Waals surface area contributed by atoms with Crippen LogP contribution in [0.5, 0.6) is 0 Å². The zero-order valence-electron chi connectivity index (χ0n) is 10.5. The Balaban J connectivity index is 1.91. The zero-order valence-corrected chi connectivity index (χ0v) is 11.3. The number of hydrogen-bond donors (Lipinski definition) is 1. The molecule has 0 aliphatic heterocycles. The van der Waals surface area contributed by atoms with Crippen molar-refractivity contribution in [1.82, 2.24) is 5.32 Å². The summed E-state index contributed by atoms with van der Waals surface area (Å²) < 4.78 is 13.6. The molecule has 1 nitrogen and oxygen atoms in total. The van der Waals surface area contributed by atoms with Gasteiger partial charge in [-0.25, -0.2) is 4.39 Å². The van der Waals surface area contributed by atoms with Gasteiger partial charge < -0.3 is 5.32 Å². The molecule has 0 fully saturated rings. The van der Waals surface area contributed by atoms with Crippen LogP contribution in [-0.4, -0.2) is 13.1 Å². The second-order valence-electron chi connectivity index (χ2n) is 4.40. The highest BCUT2D eigenvalue weighted by Crippen LogP contribution is 2.15. The lowest BCUT2D eigenvalue weighted by Gasteiger charge is -2.16. The SMILES string of the molecule is CNC(CCc1cccs1)Cc1ccccc1F. The highest BCUT2D eigenvalue weighted by Gasteiger charge is 2.10. The maximum Gasteiger partial charge on any atom is 0.126 e. The number of nitrogens with one attached hydrogen (secondary N) is 1. The fourth-order valence-corrected chi connectivity index (χ4v) is 2.77. The maximum absolute atomic E-state index is 13.6. The molecular weight excluding hydrogens is 245 g/mol. The summed E-state index contributed by atoms with van der Waals surface area (Å²) in [5.41, 5.74) is 0.794. The molecule has 0 radical (unpaired) electrons. The molecule has 2 rings (SSSR count). The number of aryl methyl sites for hydroxylation is 1. The predicted octanol–water partition coefficient (Wildman–Crippen LogP) is 3.65. The van der Waals surface area contributed by atoms with E-state index in [1.54, 1.807) is 17.4 Å². The molecule has 1 aromatic heterocycles. The van der Waals surface area contributed by atoms with Gasteiger partial charge in [-0.3, -0.25) is 0 Å². The Bertz CT molecular complexity index is 467. The molecule has 1 unspecified atom stereocenters. The quantitative estimate of drug-likeness (QED) is 0.839. The van der Waals surface area contributed by atoms with Crippen LogP contribution in [-0.2, 0) is 12.8 Å². The highest BCUT2D eigenvalue weighted by atomic mass is 32.1. The van der Waals surface area contributed by atoms with Gasteiger partial charge in [0.1, 0.15) is 5.82 Å². The van der Waals surface area contributed by atoms with Crippen LogP contribution in [0.15, 0.2) is 41.8 Å². The minimum atomic E-state index is -0.103. The highest BCUT2D eigenvalue weighted by molar-refractivity contribution is 7.09. The lowest BCUT2D eigenvalue weighted by atomic mass is 10.0. The van der Waals surface area contributed by atoms with Crippen molar-refractivity contribution in [3.05, 3.63) is 58.0 Å². The van der Waals surface area contributed by atoms with E-state index < -0.39 is 0 Å². The largest absolute Gasteiger partial charge is 0.317 e. The third-order valence-electron chi connectivity index (χ3n) is 3.15. The number of benzene rings is 1. The zero-order chi connectivity index (χ0) is 12.8. The Hall–Kier alpha value is -1.19. The van der Waals surface area contributed by atoms with Crippen molar-refractivity contribution in [2.75, 3.05) is 7.05 Å². The molecule has 0 saturated carbocycles. The smallest absolute Gasteiger partial charge is 0.126 e. The minimum Gasteiger partial charge on any atom is -0.317 e. The molecule has 0 aliphatic carbocycles. The average Bonchev–Trinajstić information content (AvgIpc) is 2.90.